The maximum Gasteiger partial charge on any atom is 0.186 e. The van der Waals surface area contributed by atoms with Crippen LogP contribution in [0.15, 0.2) is 59.8 Å². The number of ether oxygens (including phenoxy) is 1. The number of carbonyl (C=O) groups excluding carboxylic acids is 1. The number of aryl methyl sites for hydroxylation is 1. The van der Waals surface area contributed by atoms with E-state index in [0.29, 0.717) is 42.3 Å². The second kappa shape index (κ2) is 12.3. The minimum absolute atomic E-state index is 0.0126. The van der Waals surface area contributed by atoms with Crippen LogP contribution in [0.3, 0.4) is 0 Å². The molecular formula is C35H44N4O4S. The normalized spacial score (nSPS) is 23.5. The summed E-state index contributed by atoms with van der Waals surface area (Å²) in [6.45, 7) is 10.6. The van der Waals surface area contributed by atoms with Gasteiger partial charge in [-0.15, -0.1) is 0 Å². The number of hydrogen-bond acceptors (Lipinski definition) is 8. The number of nitrogens with one attached hydrogen (secondary N) is 2. The van der Waals surface area contributed by atoms with Crippen LogP contribution in [0, 0.1) is 19.3 Å². The van der Waals surface area contributed by atoms with Crippen molar-refractivity contribution in [3.63, 3.8) is 0 Å². The molecule has 0 aliphatic carbocycles. The van der Waals surface area contributed by atoms with Gasteiger partial charge < -0.3 is 20.2 Å². The minimum Gasteiger partial charge on any atom is -0.494 e. The van der Waals surface area contributed by atoms with Crippen molar-refractivity contribution in [2.24, 2.45) is 5.41 Å². The highest BCUT2D eigenvalue weighted by Gasteiger charge is 2.56. The van der Waals surface area contributed by atoms with E-state index in [4.69, 9.17) is 4.74 Å². The standard InChI is InChI=1S/C35H44N4O4S/c1-4-43-31-8-5-25(2)33(26(31)3)44(41,42)32-11-17-38-30-23-28(6-7-29(30)32)35(27-9-15-36-16-10-27)24-39(21-22-40)20-14-34(35)12-18-37-19-13-34/h5-10,15-16,22-23,32,37-38H,4,11-14,17-21,24H2,1-3H3. The maximum atomic E-state index is 14.4. The molecule has 4 heterocycles. The maximum absolute atomic E-state index is 14.4. The average Bonchev–Trinajstić information content (AvgIpc) is 3.04. The van der Waals surface area contributed by atoms with Crippen molar-refractivity contribution in [1.29, 1.82) is 0 Å². The van der Waals surface area contributed by atoms with Gasteiger partial charge in [-0.3, -0.25) is 9.88 Å². The van der Waals surface area contributed by atoms with Crippen LogP contribution in [-0.2, 0) is 20.0 Å². The molecule has 44 heavy (non-hydrogen) atoms. The van der Waals surface area contributed by atoms with Crippen LogP contribution < -0.4 is 15.4 Å². The van der Waals surface area contributed by atoms with E-state index in [-0.39, 0.29) is 10.8 Å². The summed E-state index contributed by atoms with van der Waals surface area (Å²) in [5, 5.41) is 6.48. The summed E-state index contributed by atoms with van der Waals surface area (Å²) in [7, 11) is -3.71. The molecule has 1 aromatic heterocycles. The molecule has 6 rings (SSSR count). The number of fused-ring (bicyclic) bond motifs is 1. The van der Waals surface area contributed by atoms with E-state index in [9.17, 15) is 13.2 Å². The molecule has 2 unspecified atom stereocenters. The van der Waals surface area contributed by atoms with Crippen LogP contribution in [-0.4, -0.2) is 70.5 Å². The number of sulfone groups is 1. The van der Waals surface area contributed by atoms with Gasteiger partial charge in [0, 0.05) is 42.1 Å². The molecule has 2 N–H and O–H groups in total. The highest BCUT2D eigenvalue weighted by atomic mass is 32.2. The minimum atomic E-state index is -3.71. The highest BCUT2D eigenvalue weighted by Crippen LogP contribution is 2.57. The first-order valence-corrected chi connectivity index (χ1v) is 17.4. The zero-order chi connectivity index (χ0) is 31.0. The summed E-state index contributed by atoms with van der Waals surface area (Å²) in [5.74, 6) is 0.616. The lowest BCUT2D eigenvalue weighted by Gasteiger charge is -2.59. The summed E-state index contributed by atoms with van der Waals surface area (Å²) < 4.78 is 34.7. The summed E-state index contributed by atoms with van der Waals surface area (Å²) in [4.78, 5) is 18.7. The third-order valence-electron chi connectivity index (χ3n) is 10.5. The number of anilines is 1. The Kier molecular flexibility index (Phi) is 8.56. The number of aldehydes is 1. The van der Waals surface area contributed by atoms with E-state index in [1.807, 2.05) is 51.4 Å². The fourth-order valence-corrected chi connectivity index (χ4v) is 10.7. The Bertz CT molecular complexity index is 1620. The molecule has 3 aliphatic rings. The van der Waals surface area contributed by atoms with Crippen molar-refractivity contribution in [1.82, 2.24) is 15.2 Å². The largest absolute Gasteiger partial charge is 0.494 e. The van der Waals surface area contributed by atoms with Crippen LogP contribution >= 0.6 is 0 Å². The number of pyridine rings is 1. The Hall–Kier alpha value is -3.27. The SMILES string of the molecule is CCOc1ccc(C)c(S(=O)(=O)C2CCNc3cc(C4(c5ccncc5)CN(CC=O)CCC45CCNCC5)ccc32)c1C. The highest BCUT2D eigenvalue weighted by molar-refractivity contribution is 7.91. The Morgan fingerprint density at radius 1 is 1.02 bits per heavy atom. The number of carbonyl (C=O) groups is 1. The number of aromatic nitrogens is 1. The Morgan fingerprint density at radius 3 is 2.52 bits per heavy atom. The first-order chi connectivity index (χ1) is 21.3. The Morgan fingerprint density at radius 2 is 1.80 bits per heavy atom. The average molecular weight is 617 g/mol. The van der Waals surface area contributed by atoms with Gasteiger partial charge in [0.1, 0.15) is 12.0 Å². The number of likely N-dealkylation sites (tertiary alicyclic amines) is 1. The lowest BCUT2D eigenvalue weighted by atomic mass is 9.50. The molecule has 2 atom stereocenters. The first-order valence-electron chi connectivity index (χ1n) is 15.9. The van der Waals surface area contributed by atoms with Crippen molar-refractivity contribution in [3.8, 4) is 5.75 Å². The molecule has 3 aliphatic heterocycles. The van der Waals surface area contributed by atoms with Gasteiger partial charge in [-0.2, -0.15) is 0 Å². The van der Waals surface area contributed by atoms with Crippen molar-refractivity contribution in [2.45, 2.75) is 62.0 Å². The summed E-state index contributed by atoms with van der Waals surface area (Å²) in [6, 6.07) is 14.4. The van der Waals surface area contributed by atoms with Crippen molar-refractivity contribution in [3.05, 3.63) is 82.7 Å². The van der Waals surface area contributed by atoms with Gasteiger partial charge >= 0.3 is 0 Å². The zero-order valence-corrected chi connectivity index (χ0v) is 26.9. The summed E-state index contributed by atoms with van der Waals surface area (Å²) in [5.41, 5.74) is 5.06. The molecule has 2 fully saturated rings. The molecule has 0 radical (unpaired) electrons. The van der Waals surface area contributed by atoms with E-state index in [0.717, 1.165) is 74.1 Å². The lowest BCUT2D eigenvalue weighted by Crippen LogP contribution is -2.61. The van der Waals surface area contributed by atoms with Gasteiger partial charge in [-0.05, 0) is 118 Å². The first kappa shape index (κ1) is 30.7. The monoisotopic (exact) mass is 616 g/mol. The van der Waals surface area contributed by atoms with Gasteiger partial charge in [0.2, 0.25) is 0 Å². The van der Waals surface area contributed by atoms with Crippen molar-refractivity contribution in [2.75, 3.05) is 51.2 Å². The number of piperidine rings is 2. The van der Waals surface area contributed by atoms with E-state index in [1.54, 1.807) is 0 Å². The molecule has 1 spiro atoms. The number of hydrogen-bond donors (Lipinski definition) is 2. The zero-order valence-electron chi connectivity index (χ0n) is 26.1. The number of benzene rings is 2. The van der Waals surface area contributed by atoms with E-state index >= 15 is 0 Å². The summed E-state index contributed by atoms with van der Waals surface area (Å²) in [6.07, 6.45) is 8.27. The van der Waals surface area contributed by atoms with E-state index in [1.165, 1.54) is 5.56 Å². The summed E-state index contributed by atoms with van der Waals surface area (Å²) >= 11 is 0. The topological polar surface area (TPSA) is 101 Å². The lowest BCUT2D eigenvalue weighted by molar-refractivity contribution is -0.110. The molecule has 2 aromatic carbocycles. The molecular weight excluding hydrogens is 572 g/mol. The quantitative estimate of drug-likeness (QED) is 0.342. The number of nitrogens with zero attached hydrogens (tertiary/aromatic N) is 2. The van der Waals surface area contributed by atoms with E-state index in [2.05, 4.69) is 44.8 Å². The van der Waals surface area contributed by atoms with Gasteiger partial charge in [-0.1, -0.05) is 18.2 Å². The van der Waals surface area contributed by atoms with E-state index < -0.39 is 15.1 Å². The molecule has 0 amide bonds. The molecule has 9 heteroatoms. The second-order valence-electron chi connectivity index (χ2n) is 12.6. The third-order valence-corrected chi connectivity index (χ3v) is 12.9. The fraction of sp³-hybridized carbons (Fsp3) is 0.486. The van der Waals surface area contributed by atoms with Crippen LogP contribution in [0.25, 0.3) is 0 Å². The Labute approximate surface area is 261 Å². The van der Waals surface area contributed by atoms with Crippen LogP contribution in [0.5, 0.6) is 5.75 Å². The molecule has 0 saturated carbocycles. The van der Waals surface area contributed by atoms with Crippen LogP contribution in [0.2, 0.25) is 0 Å². The molecule has 234 valence electrons. The van der Waals surface area contributed by atoms with Gasteiger partial charge in [0.25, 0.3) is 0 Å². The molecule has 2 saturated heterocycles. The molecule has 8 nitrogen and oxygen atoms in total. The fourth-order valence-electron chi connectivity index (χ4n) is 8.38. The number of rotatable bonds is 8. The smallest absolute Gasteiger partial charge is 0.186 e. The van der Waals surface area contributed by atoms with Gasteiger partial charge in [0.05, 0.1) is 23.3 Å². The Balaban J connectivity index is 1.50. The molecule has 0 bridgehead atoms. The van der Waals surface area contributed by atoms with Crippen LogP contribution in [0.1, 0.15) is 65.7 Å². The molecule has 3 aromatic rings. The predicted molar refractivity (Wildman–Crippen MR) is 173 cm³/mol. The van der Waals surface area contributed by atoms with Crippen molar-refractivity contribution >= 4 is 21.8 Å². The third kappa shape index (κ3) is 5.03. The second-order valence-corrected chi connectivity index (χ2v) is 14.7. The van der Waals surface area contributed by atoms with Crippen molar-refractivity contribution < 1.29 is 17.9 Å². The predicted octanol–water partition coefficient (Wildman–Crippen LogP) is 4.99. The van der Waals surface area contributed by atoms with Crippen LogP contribution in [0.4, 0.5) is 5.69 Å². The van der Waals surface area contributed by atoms with Gasteiger partial charge in [-0.25, -0.2) is 8.42 Å². The van der Waals surface area contributed by atoms with Gasteiger partial charge in [0.15, 0.2) is 9.84 Å².